The van der Waals surface area contributed by atoms with Crippen molar-refractivity contribution < 1.29 is 28.4 Å². The van der Waals surface area contributed by atoms with E-state index in [0.29, 0.717) is 5.56 Å². The zero-order valence-electron chi connectivity index (χ0n) is 18.2. The molecule has 0 fully saturated rings. The molecule has 0 radical (unpaired) electrons. The molecule has 0 aliphatic rings. The fraction of sp³-hybridized carbons (Fsp3) is 0.318. The number of amides is 3. The summed E-state index contributed by atoms with van der Waals surface area (Å²) in [4.78, 5) is 47.3. The maximum atomic E-state index is 12.9. The monoisotopic (exact) mass is 460 g/mol. The van der Waals surface area contributed by atoms with Gasteiger partial charge in [-0.15, -0.1) is 0 Å². The lowest BCUT2D eigenvalue weighted by molar-refractivity contribution is -0.385. The number of nitro groups is 1. The molecule has 0 aliphatic heterocycles. The summed E-state index contributed by atoms with van der Waals surface area (Å²) < 4.78 is 18.0. The highest BCUT2D eigenvalue weighted by Crippen LogP contribution is 2.27. The van der Waals surface area contributed by atoms with E-state index in [9.17, 15) is 28.9 Å². The maximum Gasteiger partial charge on any atom is 0.315 e. The Morgan fingerprint density at radius 2 is 1.73 bits per heavy atom. The molecule has 0 heterocycles. The van der Waals surface area contributed by atoms with Gasteiger partial charge >= 0.3 is 12.0 Å². The van der Waals surface area contributed by atoms with Gasteiger partial charge < -0.3 is 20.7 Å². The van der Waals surface area contributed by atoms with E-state index in [1.165, 1.54) is 42.5 Å². The van der Waals surface area contributed by atoms with Gasteiger partial charge in [-0.3, -0.25) is 19.7 Å². The Bertz CT molecular complexity index is 997. The molecule has 176 valence electrons. The van der Waals surface area contributed by atoms with Crippen LogP contribution < -0.4 is 16.0 Å². The van der Waals surface area contributed by atoms with Gasteiger partial charge in [0.2, 0.25) is 5.91 Å². The molecule has 3 N–H and O–H groups in total. The summed E-state index contributed by atoms with van der Waals surface area (Å²) in [5, 5.41) is 18.8. The lowest BCUT2D eigenvalue weighted by Gasteiger charge is -2.19. The third-order valence-corrected chi connectivity index (χ3v) is 4.36. The number of rotatable bonds is 10. The number of para-hydroxylation sites is 1. The molecule has 2 rings (SSSR count). The van der Waals surface area contributed by atoms with Crippen molar-refractivity contribution >= 4 is 23.6 Å². The summed E-state index contributed by atoms with van der Waals surface area (Å²) in [5.74, 6) is -1.70. The quantitative estimate of drug-likeness (QED) is 0.283. The first-order valence-electron chi connectivity index (χ1n) is 10.1. The van der Waals surface area contributed by atoms with Gasteiger partial charge in [-0.1, -0.05) is 30.3 Å². The van der Waals surface area contributed by atoms with Crippen LogP contribution in [0.25, 0.3) is 0 Å². The van der Waals surface area contributed by atoms with Gasteiger partial charge in [0.1, 0.15) is 5.82 Å². The van der Waals surface area contributed by atoms with E-state index in [0.717, 1.165) is 0 Å². The number of urea groups is 1. The van der Waals surface area contributed by atoms with Crippen LogP contribution in [0.1, 0.15) is 37.4 Å². The van der Waals surface area contributed by atoms with Crippen LogP contribution in [0, 0.1) is 15.9 Å². The third-order valence-electron chi connectivity index (χ3n) is 4.36. The fourth-order valence-corrected chi connectivity index (χ4v) is 2.92. The number of halogens is 1. The smallest absolute Gasteiger partial charge is 0.315 e. The number of ether oxygens (including phenoxy) is 1. The maximum absolute atomic E-state index is 12.9. The average Bonchev–Trinajstić information content (AvgIpc) is 2.76. The molecule has 0 aromatic heterocycles. The summed E-state index contributed by atoms with van der Waals surface area (Å²) in [6.07, 6.45) is -0.725. The minimum absolute atomic E-state index is 0.119. The molecular weight excluding hydrogens is 435 g/mol. The predicted molar refractivity (Wildman–Crippen MR) is 116 cm³/mol. The molecule has 0 aliphatic carbocycles. The molecule has 11 heteroatoms. The molecule has 1 unspecified atom stereocenters. The van der Waals surface area contributed by atoms with Crippen molar-refractivity contribution in [1.29, 1.82) is 0 Å². The van der Waals surface area contributed by atoms with Gasteiger partial charge in [0.05, 0.1) is 35.6 Å². The minimum Gasteiger partial charge on any atom is -0.463 e. The van der Waals surface area contributed by atoms with Crippen LogP contribution in [0.3, 0.4) is 0 Å². The van der Waals surface area contributed by atoms with E-state index in [1.807, 2.05) is 0 Å². The standard InChI is InChI=1S/C22H25FN4O6/c1-14(2)33-21(29)11-18(17-5-3-4-6-19(17)27(31)32)26-20(28)13-25-22(30)24-12-15-7-9-16(23)10-8-15/h3-10,14,18H,11-13H2,1-2H3,(H,26,28)(H2,24,25,30). The minimum atomic E-state index is -1.03. The molecular formula is C22H25FN4O6. The number of nitrogens with one attached hydrogen (secondary N) is 3. The van der Waals surface area contributed by atoms with Gasteiger partial charge in [0.15, 0.2) is 0 Å². The molecule has 10 nitrogen and oxygen atoms in total. The molecule has 0 saturated heterocycles. The van der Waals surface area contributed by atoms with Crippen LogP contribution in [0.5, 0.6) is 0 Å². The summed E-state index contributed by atoms with van der Waals surface area (Å²) in [5.41, 5.74) is 0.540. The first kappa shape index (κ1) is 25.2. The topological polar surface area (TPSA) is 140 Å². The van der Waals surface area contributed by atoms with Crippen LogP contribution >= 0.6 is 0 Å². The van der Waals surface area contributed by atoms with Crippen molar-refractivity contribution in [3.8, 4) is 0 Å². The largest absolute Gasteiger partial charge is 0.463 e. The summed E-state index contributed by atoms with van der Waals surface area (Å²) in [6, 6.07) is 9.59. The number of carbonyl (C=O) groups excluding carboxylic acids is 3. The van der Waals surface area contributed by atoms with Crippen molar-refractivity contribution in [1.82, 2.24) is 16.0 Å². The Balaban J connectivity index is 1.99. The highest BCUT2D eigenvalue weighted by Gasteiger charge is 2.26. The van der Waals surface area contributed by atoms with Crippen molar-refractivity contribution in [2.75, 3.05) is 6.54 Å². The summed E-state index contributed by atoms with van der Waals surface area (Å²) in [7, 11) is 0. The Morgan fingerprint density at radius 1 is 1.06 bits per heavy atom. The van der Waals surface area contributed by atoms with Gasteiger partial charge in [0.25, 0.3) is 5.69 Å². The number of nitro benzene ring substituents is 1. The van der Waals surface area contributed by atoms with Crippen LogP contribution in [-0.4, -0.2) is 35.5 Å². The molecule has 2 aromatic rings. The van der Waals surface area contributed by atoms with Crippen LogP contribution in [0.2, 0.25) is 0 Å². The van der Waals surface area contributed by atoms with E-state index in [4.69, 9.17) is 4.74 Å². The SMILES string of the molecule is CC(C)OC(=O)CC(NC(=O)CNC(=O)NCc1ccc(F)cc1)c1ccccc1[N+](=O)[O-]. The number of hydrogen-bond acceptors (Lipinski definition) is 6. The average molecular weight is 460 g/mol. The second-order valence-electron chi connectivity index (χ2n) is 7.34. The van der Waals surface area contributed by atoms with Gasteiger partial charge in [0, 0.05) is 12.6 Å². The second-order valence-corrected chi connectivity index (χ2v) is 7.34. The predicted octanol–water partition coefficient (Wildman–Crippen LogP) is 2.73. The lowest BCUT2D eigenvalue weighted by atomic mass is 10.0. The normalized spacial score (nSPS) is 11.4. The van der Waals surface area contributed by atoms with E-state index in [2.05, 4.69) is 16.0 Å². The Kier molecular flexibility index (Phi) is 9.28. The fourth-order valence-electron chi connectivity index (χ4n) is 2.92. The molecule has 3 amide bonds. The van der Waals surface area contributed by atoms with E-state index < -0.39 is 47.3 Å². The Hall–Kier alpha value is -4.02. The number of hydrogen-bond donors (Lipinski definition) is 3. The van der Waals surface area contributed by atoms with Gasteiger partial charge in [-0.2, -0.15) is 0 Å². The van der Waals surface area contributed by atoms with Crippen molar-refractivity contribution in [3.05, 3.63) is 75.6 Å². The highest BCUT2D eigenvalue weighted by atomic mass is 19.1. The molecule has 0 bridgehead atoms. The van der Waals surface area contributed by atoms with Crippen LogP contribution in [-0.2, 0) is 20.9 Å². The zero-order valence-corrected chi connectivity index (χ0v) is 18.2. The van der Waals surface area contributed by atoms with Gasteiger partial charge in [-0.25, -0.2) is 9.18 Å². The van der Waals surface area contributed by atoms with E-state index >= 15 is 0 Å². The zero-order chi connectivity index (χ0) is 24.4. The van der Waals surface area contributed by atoms with Crippen LogP contribution in [0.4, 0.5) is 14.9 Å². The van der Waals surface area contributed by atoms with E-state index in [1.54, 1.807) is 19.9 Å². The highest BCUT2D eigenvalue weighted by molar-refractivity contribution is 5.84. The molecule has 33 heavy (non-hydrogen) atoms. The van der Waals surface area contributed by atoms with Crippen molar-refractivity contribution in [3.63, 3.8) is 0 Å². The third kappa shape index (κ3) is 8.56. The molecule has 0 spiro atoms. The Morgan fingerprint density at radius 3 is 2.36 bits per heavy atom. The van der Waals surface area contributed by atoms with Crippen LogP contribution in [0.15, 0.2) is 48.5 Å². The first-order chi connectivity index (χ1) is 15.7. The number of esters is 1. The number of carbonyl (C=O) groups is 3. The molecule has 0 saturated carbocycles. The summed E-state index contributed by atoms with van der Waals surface area (Å²) >= 11 is 0. The first-order valence-corrected chi connectivity index (χ1v) is 10.1. The van der Waals surface area contributed by atoms with Crippen molar-refractivity contribution in [2.45, 2.75) is 39.0 Å². The molecule has 1 atom stereocenters. The lowest BCUT2D eigenvalue weighted by Crippen LogP contribution is -2.43. The number of nitrogens with zero attached hydrogens (tertiary/aromatic N) is 1. The van der Waals surface area contributed by atoms with E-state index in [-0.39, 0.29) is 24.2 Å². The Labute approximate surface area is 189 Å². The number of benzene rings is 2. The van der Waals surface area contributed by atoms with Gasteiger partial charge in [-0.05, 0) is 31.5 Å². The second kappa shape index (κ2) is 12.1. The molecule has 2 aromatic carbocycles. The van der Waals surface area contributed by atoms with Crippen molar-refractivity contribution in [2.24, 2.45) is 0 Å². The summed E-state index contributed by atoms with van der Waals surface area (Å²) in [6.45, 7) is 3.00.